The van der Waals surface area contributed by atoms with Crippen LogP contribution in [-0.2, 0) is 9.53 Å². The van der Waals surface area contributed by atoms with Crippen molar-refractivity contribution >= 4 is 23.2 Å². The fraction of sp³-hybridized carbons (Fsp3) is 0.625. The van der Waals surface area contributed by atoms with Crippen LogP contribution in [-0.4, -0.2) is 72.7 Å². The number of hydrogen-bond donors (Lipinski definition) is 1. The second-order valence-corrected chi connectivity index (χ2v) is 7.23. The van der Waals surface area contributed by atoms with Gasteiger partial charge in [0, 0.05) is 19.6 Å². The van der Waals surface area contributed by atoms with Crippen LogP contribution in [0.1, 0.15) is 34.0 Å². The highest BCUT2D eigenvalue weighted by molar-refractivity contribution is 7.12. The largest absolute Gasteiger partial charge is 0.480 e. The van der Waals surface area contributed by atoms with Gasteiger partial charge in [-0.25, -0.2) is 0 Å². The predicted octanol–water partition coefficient (Wildman–Crippen LogP) is 1.48. The monoisotopic (exact) mass is 338 g/mol. The number of hydrogen-bond acceptors (Lipinski definition) is 5. The summed E-state index contributed by atoms with van der Waals surface area (Å²) in [5.74, 6) is -0.196. The zero-order valence-electron chi connectivity index (χ0n) is 13.2. The van der Waals surface area contributed by atoms with E-state index in [0.717, 1.165) is 4.88 Å². The van der Waals surface area contributed by atoms with E-state index in [1.54, 1.807) is 11.9 Å². The van der Waals surface area contributed by atoms with Gasteiger partial charge in [0.2, 0.25) is 0 Å². The van der Waals surface area contributed by atoms with Crippen molar-refractivity contribution in [2.24, 2.45) is 0 Å². The van der Waals surface area contributed by atoms with Crippen molar-refractivity contribution in [1.82, 2.24) is 9.80 Å². The van der Waals surface area contributed by atoms with Crippen LogP contribution in [0.25, 0.3) is 0 Å². The number of rotatable bonds is 6. The van der Waals surface area contributed by atoms with Crippen LogP contribution in [0.15, 0.2) is 11.4 Å². The average molecular weight is 338 g/mol. The summed E-state index contributed by atoms with van der Waals surface area (Å²) < 4.78 is 5.69. The minimum Gasteiger partial charge on any atom is -0.480 e. The molecule has 7 heteroatoms. The normalized spacial score (nSPS) is 21.7. The molecule has 6 nitrogen and oxygen atoms in total. The molecule has 0 radical (unpaired) electrons. The molecule has 1 amide bonds. The molecule has 1 unspecified atom stereocenters. The second kappa shape index (κ2) is 6.98. The average Bonchev–Trinajstić information content (AvgIpc) is 3.23. The quantitative estimate of drug-likeness (QED) is 0.851. The van der Waals surface area contributed by atoms with E-state index in [1.807, 2.05) is 10.3 Å². The molecule has 1 aromatic rings. The van der Waals surface area contributed by atoms with Crippen molar-refractivity contribution in [2.45, 2.75) is 24.9 Å². The topological polar surface area (TPSA) is 70.1 Å². The van der Waals surface area contributed by atoms with E-state index in [1.165, 1.54) is 29.7 Å². The molecule has 1 saturated carbocycles. The number of carbonyl (C=O) groups excluding carboxylic acids is 1. The van der Waals surface area contributed by atoms with Crippen LogP contribution in [0.3, 0.4) is 0 Å². The van der Waals surface area contributed by atoms with Gasteiger partial charge in [0.25, 0.3) is 5.91 Å². The lowest BCUT2D eigenvalue weighted by atomic mass is 10.1. The SMILES string of the molecule is CN(CC(=O)O)CC1CN(C(=O)c2sccc2C2CC2)CCO1. The molecule has 1 saturated heterocycles. The van der Waals surface area contributed by atoms with Crippen molar-refractivity contribution in [2.75, 3.05) is 39.8 Å². The Kier molecular flexibility index (Phi) is 4.99. The molecule has 126 valence electrons. The Hall–Kier alpha value is -1.44. The lowest BCUT2D eigenvalue weighted by Crippen LogP contribution is -2.49. The number of nitrogens with zero attached hydrogens (tertiary/aromatic N) is 2. The predicted molar refractivity (Wildman–Crippen MR) is 87.1 cm³/mol. The number of carbonyl (C=O) groups is 2. The summed E-state index contributed by atoms with van der Waals surface area (Å²) in [7, 11) is 1.75. The second-order valence-electron chi connectivity index (χ2n) is 6.31. The van der Waals surface area contributed by atoms with Crippen LogP contribution in [0, 0.1) is 0 Å². The van der Waals surface area contributed by atoms with Gasteiger partial charge < -0.3 is 14.7 Å². The van der Waals surface area contributed by atoms with E-state index in [0.29, 0.717) is 32.2 Å². The van der Waals surface area contributed by atoms with Gasteiger partial charge in [0.05, 0.1) is 24.1 Å². The number of amides is 1. The third-order valence-corrected chi connectivity index (χ3v) is 5.17. The van der Waals surface area contributed by atoms with Crippen LogP contribution < -0.4 is 0 Å². The molecule has 0 spiro atoms. The van der Waals surface area contributed by atoms with E-state index < -0.39 is 5.97 Å². The van der Waals surface area contributed by atoms with Crippen molar-refractivity contribution in [1.29, 1.82) is 0 Å². The van der Waals surface area contributed by atoms with Crippen molar-refractivity contribution in [3.8, 4) is 0 Å². The summed E-state index contributed by atoms with van der Waals surface area (Å²) in [5.41, 5.74) is 1.20. The fourth-order valence-corrected chi connectivity index (χ4v) is 3.96. The summed E-state index contributed by atoms with van der Waals surface area (Å²) in [4.78, 5) is 28.0. The van der Waals surface area contributed by atoms with Crippen LogP contribution in [0.5, 0.6) is 0 Å². The Morgan fingerprint density at radius 2 is 2.26 bits per heavy atom. The van der Waals surface area contributed by atoms with Crippen LogP contribution in [0.2, 0.25) is 0 Å². The number of carboxylic acids is 1. The molecule has 1 aromatic heterocycles. The van der Waals surface area contributed by atoms with Crippen molar-refractivity contribution < 1.29 is 19.4 Å². The smallest absolute Gasteiger partial charge is 0.317 e. The van der Waals surface area contributed by atoms with Gasteiger partial charge in [0.15, 0.2) is 0 Å². The standard InChI is InChI=1S/C16H22N2O4S/c1-17(10-14(19)20)8-12-9-18(5-6-22-12)16(21)15-13(4-7-23-15)11-2-3-11/h4,7,11-12H,2-3,5-6,8-10H2,1H3,(H,19,20). The van der Waals surface area contributed by atoms with Gasteiger partial charge in [0.1, 0.15) is 0 Å². The first-order valence-corrected chi connectivity index (χ1v) is 8.81. The summed E-state index contributed by atoms with van der Waals surface area (Å²) in [6.07, 6.45) is 2.23. The third kappa shape index (κ3) is 4.10. The Labute approximate surface area is 139 Å². The Morgan fingerprint density at radius 3 is 2.96 bits per heavy atom. The molecule has 1 aliphatic carbocycles. The molecular formula is C16H22N2O4S. The summed E-state index contributed by atoms with van der Waals surface area (Å²) in [5, 5.41) is 10.8. The Balaban J connectivity index is 1.60. The zero-order valence-corrected chi connectivity index (χ0v) is 14.1. The van der Waals surface area contributed by atoms with E-state index in [4.69, 9.17) is 9.84 Å². The third-order valence-electron chi connectivity index (χ3n) is 4.25. The zero-order chi connectivity index (χ0) is 16.4. The molecule has 0 bridgehead atoms. The van der Waals surface area contributed by atoms with Crippen LogP contribution >= 0.6 is 11.3 Å². The minimum atomic E-state index is -0.857. The fourth-order valence-electron chi connectivity index (χ4n) is 3.01. The van der Waals surface area contributed by atoms with E-state index >= 15 is 0 Å². The molecule has 3 rings (SSSR count). The lowest BCUT2D eigenvalue weighted by Gasteiger charge is -2.34. The number of aliphatic carboxylic acids is 1. The lowest BCUT2D eigenvalue weighted by molar-refractivity contribution is -0.138. The van der Waals surface area contributed by atoms with Gasteiger partial charge in [-0.2, -0.15) is 0 Å². The highest BCUT2D eigenvalue weighted by atomic mass is 32.1. The molecule has 2 aliphatic rings. The highest BCUT2D eigenvalue weighted by Gasteiger charge is 2.32. The molecule has 23 heavy (non-hydrogen) atoms. The minimum absolute atomic E-state index is 0.0233. The first-order chi connectivity index (χ1) is 11.0. The van der Waals surface area contributed by atoms with Gasteiger partial charge in [-0.3, -0.25) is 14.5 Å². The highest BCUT2D eigenvalue weighted by Crippen LogP contribution is 2.43. The first kappa shape index (κ1) is 16.4. The number of thiophene rings is 1. The van der Waals surface area contributed by atoms with E-state index in [-0.39, 0.29) is 18.6 Å². The van der Waals surface area contributed by atoms with Crippen molar-refractivity contribution in [3.63, 3.8) is 0 Å². The molecular weight excluding hydrogens is 316 g/mol. The van der Waals surface area contributed by atoms with Crippen LogP contribution in [0.4, 0.5) is 0 Å². The Morgan fingerprint density at radius 1 is 1.48 bits per heavy atom. The van der Waals surface area contributed by atoms with Gasteiger partial charge >= 0.3 is 5.97 Å². The number of likely N-dealkylation sites (N-methyl/N-ethyl adjacent to an activating group) is 1. The number of ether oxygens (including phenoxy) is 1. The van der Waals surface area contributed by atoms with Gasteiger partial charge in [-0.05, 0) is 42.8 Å². The summed E-state index contributed by atoms with van der Waals surface area (Å²) in [6, 6.07) is 2.08. The van der Waals surface area contributed by atoms with E-state index in [2.05, 4.69) is 6.07 Å². The number of carboxylic acid groups (broad SMARTS) is 1. The maximum absolute atomic E-state index is 12.8. The molecule has 2 heterocycles. The van der Waals surface area contributed by atoms with Gasteiger partial charge in [-0.15, -0.1) is 11.3 Å². The molecule has 0 aromatic carbocycles. The van der Waals surface area contributed by atoms with E-state index in [9.17, 15) is 9.59 Å². The van der Waals surface area contributed by atoms with Gasteiger partial charge in [-0.1, -0.05) is 0 Å². The number of morpholine rings is 1. The molecule has 1 aliphatic heterocycles. The maximum Gasteiger partial charge on any atom is 0.317 e. The molecule has 1 N–H and O–H groups in total. The summed E-state index contributed by atoms with van der Waals surface area (Å²) in [6.45, 7) is 2.10. The molecule has 1 atom stereocenters. The van der Waals surface area contributed by atoms with Crippen molar-refractivity contribution in [3.05, 3.63) is 21.9 Å². The maximum atomic E-state index is 12.8. The molecule has 2 fully saturated rings. The first-order valence-electron chi connectivity index (χ1n) is 7.93. The summed E-state index contributed by atoms with van der Waals surface area (Å²) >= 11 is 1.52. The Bertz CT molecular complexity index is 584.